The summed E-state index contributed by atoms with van der Waals surface area (Å²) in [5.74, 6) is 1.33. The van der Waals surface area contributed by atoms with Crippen molar-refractivity contribution in [1.82, 2.24) is 5.32 Å². The molecule has 0 radical (unpaired) electrons. The van der Waals surface area contributed by atoms with Crippen LogP contribution in [-0.4, -0.2) is 18.5 Å². The summed E-state index contributed by atoms with van der Waals surface area (Å²) in [7, 11) is 0. The van der Waals surface area contributed by atoms with Gasteiger partial charge in [0.15, 0.2) is 0 Å². The van der Waals surface area contributed by atoms with Crippen LogP contribution in [-0.2, 0) is 4.79 Å². The molecule has 1 atom stereocenters. The molecule has 1 rings (SSSR count). The molecule has 0 spiro atoms. The minimum atomic E-state index is -0.332. The Hall–Kier alpha value is -0.280. The quantitative estimate of drug-likeness (QED) is 0.784. The lowest BCUT2D eigenvalue weighted by atomic mass is 9.87. The van der Waals surface area contributed by atoms with E-state index in [1.54, 1.807) is 0 Å². The summed E-state index contributed by atoms with van der Waals surface area (Å²) in [6.07, 6.45) is 8.70. The van der Waals surface area contributed by atoms with E-state index in [1.807, 2.05) is 0 Å². The number of hydrogen-bond acceptors (Lipinski definition) is 2. The Morgan fingerprint density at radius 1 is 1.28 bits per heavy atom. The molecule has 1 aliphatic rings. The van der Waals surface area contributed by atoms with Gasteiger partial charge in [0, 0.05) is 6.54 Å². The predicted molar refractivity (Wildman–Crippen MR) is 78.9 cm³/mol. The van der Waals surface area contributed by atoms with Gasteiger partial charge >= 0.3 is 0 Å². The molecule has 0 saturated heterocycles. The first-order valence-corrected chi connectivity index (χ1v) is 7.13. The van der Waals surface area contributed by atoms with Gasteiger partial charge in [-0.15, -0.1) is 12.4 Å². The maximum absolute atomic E-state index is 11.7. The number of nitrogens with one attached hydrogen (secondary N) is 1. The summed E-state index contributed by atoms with van der Waals surface area (Å²) in [4.78, 5) is 11.7. The number of halogens is 1. The van der Waals surface area contributed by atoms with Crippen molar-refractivity contribution in [3.63, 3.8) is 0 Å². The topological polar surface area (TPSA) is 55.1 Å². The Morgan fingerprint density at radius 2 is 1.89 bits per heavy atom. The first kappa shape index (κ1) is 17.7. The van der Waals surface area contributed by atoms with Gasteiger partial charge in [-0.3, -0.25) is 4.79 Å². The third-order valence-corrected chi connectivity index (χ3v) is 3.64. The molecule has 1 fully saturated rings. The molecule has 0 aliphatic heterocycles. The van der Waals surface area contributed by atoms with Gasteiger partial charge in [0.05, 0.1) is 6.04 Å². The number of amides is 1. The van der Waals surface area contributed by atoms with E-state index in [9.17, 15) is 4.79 Å². The molecule has 1 saturated carbocycles. The summed E-state index contributed by atoms with van der Waals surface area (Å²) in [6, 6.07) is -0.332. The smallest absolute Gasteiger partial charge is 0.236 e. The summed E-state index contributed by atoms with van der Waals surface area (Å²) in [6.45, 7) is 4.99. The number of carbonyl (C=O) groups excluding carboxylic acids is 1. The fourth-order valence-electron chi connectivity index (χ4n) is 2.62. The zero-order chi connectivity index (χ0) is 12.7. The third-order valence-electron chi connectivity index (χ3n) is 3.64. The summed E-state index contributed by atoms with van der Waals surface area (Å²) in [5, 5.41) is 2.97. The van der Waals surface area contributed by atoms with Crippen molar-refractivity contribution in [3.8, 4) is 0 Å². The fraction of sp³-hybridized carbons (Fsp3) is 0.929. The molecule has 3 nitrogen and oxygen atoms in total. The molecule has 1 amide bonds. The summed E-state index contributed by atoms with van der Waals surface area (Å²) < 4.78 is 0. The number of carbonyl (C=O) groups is 1. The lowest BCUT2D eigenvalue weighted by Gasteiger charge is -2.22. The van der Waals surface area contributed by atoms with Crippen LogP contribution in [0.3, 0.4) is 0 Å². The minimum absolute atomic E-state index is 0. The normalized spacial score (nSPS) is 18.2. The van der Waals surface area contributed by atoms with Crippen LogP contribution in [0.2, 0.25) is 0 Å². The second kappa shape index (κ2) is 9.62. The van der Waals surface area contributed by atoms with Gasteiger partial charge < -0.3 is 11.1 Å². The standard InChI is InChI=1S/C14H28N2O.ClH/c1-11(2)10-13(15)14(17)16-9-8-12-6-4-3-5-7-12;/h11-13H,3-10,15H2,1-2H3,(H,16,17);1H/t13-;/m0./s1. The van der Waals surface area contributed by atoms with E-state index in [0.717, 1.165) is 25.3 Å². The highest BCUT2D eigenvalue weighted by atomic mass is 35.5. The maximum atomic E-state index is 11.7. The van der Waals surface area contributed by atoms with Crippen molar-refractivity contribution in [2.45, 2.75) is 64.8 Å². The highest BCUT2D eigenvalue weighted by Gasteiger charge is 2.16. The van der Waals surface area contributed by atoms with Crippen LogP contribution >= 0.6 is 12.4 Å². The van der Waals surface area contributed by atoms with Gasteiger partial charge in [-0.1, -0.05) is 46.0 Å². The van der Waals surface area contributed by atoms with E-state index in [4.69, 9.17) is 5.73 Å². The Morgan fingerprint density at radius 3 is 2.44 bits per heavy atom. The number of rotatable bonds is 6. The van der Waals surface area contributed by atoms with Crippen molar-refractivity contribution in [1.29, 1.82) is 0 Å². The molecule has 0 aromatic carbocycles. The Bertz CT molecular complexity index is 228. The molecule has 0 heterocycles. The van der Waals surface area contributed by atoms with Crippen molar-refractivity contribution in [2.75, 3.05) is 6.54 Å². The molecule has 0 aromatic rings. The van der Waals surface area contributed by atoms with Gasteiger partial charge in [-0.2, -0.15) is 0 Å². The number of hydrogen-bond donors (Lipinski definition) is 2. The van der Waals surface area contributed by atoms with E-state index in [0.29, 0.717) is 5.92 Å². The highest BCUT2D eigenvalue weighted by molar-refractivity contribution is 5.85. The van der Waals surface area contributed by atoms with Gasteiger partial charge in [0.2, 0.25) is 5.91 Å². The van der Waals surface area contributed by atoms with Crippen LogP contribution in [0.1, 0.15) is 58.8 Å². The van der Waals surface area contributed by atoms with E-state index in [-0.39, 0.29) is 24.4 Å². The summed E-state index contributed by atoms with van der Waals surface area (Å²) >= 11 is 0. The Labute approximate surface area is 118 Å². The van der Waals surface area contributed by atoms with Crippen molar-refractivity contribution in [3.05, 3.63) is 0 Å². The predicted octanol–water partition coefficient (Wildman–Crippen LogP) is 2.87. The first-order chi connectivity index (χ1) is 8.09. The molecule has 108 valence electrons. The molecule has 4 heteroatoms. The van der Waals surface area contributed by atoms with Gasteiger partial charge in [0.1, 0.15) is 0 Å². The average molecular weight is 277 g/mol. The molecule has 0 unspecified atom stereocenters. The number of nitrogens with two attached hydrogens (primary N) is 1. The van der Waals surface area contributed by atoms with Gasteiger partial charge in [0.25, 0.3) is 0 Å². The molecule has 0 bridgehead atoms. The fourth-order valence-corrected chi connectivity index (χ4v) is 2.62. The highest BCUT2D eigenvalue weighted by Crippen LogP contribution is 2.25. The lowest BCUT2D eigenvalue weighted by molar-refractivity contribution is -0.122. The lowest BCUT2D eigenvalue weighted by Crippen LogP contribution is -2.42. The second-order valence-electron chi connectivity index (χ2n) is 5.82. The SMILES string of the molecule is CC(C)C[C@H](N)C(=O)NCCC1CCCCC1.Cl. The first-order valence-electron chi connectivity index (χ1n) is 7.13. The minimum Gasteiger partial charge on any atom is -0.355 e. The van der Waals surface area contributed by atoms with Crippen LogP contribution in [0.5, 0.6) is 0 Å². The average Bonchev–Trinajstić information content (AvgIpc) is 2.29. The van der Waals surface area contributed by atoms with Crippen molar-refractivity contribution >= 4 is 18.3 Å². The van der Waals surface area contributed by atoms with Gasteiger partial charge in [-0.05, 0) is 24.7 Å². The molecule has 0 aromatic heterocycles. The van der Waals surface area contributed by atoms with E-state index in [2.05, 4.69) is 19.2 Å². The summed E-state index contributed by atoms with van der Waals surface area (Å²) in [5.41, 5.74) is 5.83. The van der Waals surface area contributed by atoms with E-state index in [1.165, 1.54) is 32.1 Å². The van der Waals surface area contributed by atoms with Crippen molar-refractivity contribution in [2.24, 2.45) is 17.6 Å². The third kappa shape index (κ3) is 7.22. The van der Waals surface area contributed by atoms with Crippen LogP contribution in [0, 0.1) is 11.8 Å². The zero-order valence-corrected chi connectivity index (χ0v) is 12.6. The molecular formula is C14H29ClN2O. The van der Waals surface area contributed by atoms with E-state index >= 15 is 0 Å². The van der Waals surface area contributed by atoms with Crippen LogP contribution in [0.15, 0.2) is 0 Å². The van der Waals surface area contributed by atoms with Crippen LogP contribution in [0.25, 0.3) is 0 Å². The molecular weight excluding hydrogens is 248 g/mol. The van der Waals surface area contributed by atoms with Crippen LogP contribution < -0.4 is 11.1 Å². The van der Waals surface area contributed by atoms with E-state index < -0.39 is 0 Å². The van der Waals surface area contributed by atoms with Crippen molar-refractivity contribution < 1.29 is 4.79 Å². The molecule has 18 heavy (non-hydrogen) atoms. The second-order valence-corrected chi connectivity index (χ2v) is 5.82. The molecule has 1 aliphatic carbocycles. The largest absolute Gasteiger partial charge is 0.355 e. The van der Waals surface area contributed by atoms with Gasteiger partial charge in [-0.25, -0.2) is 0 Å². The Kier molecular flexibility index (Phi) is 9.47. The molecule has 3 N–H and O–H groups in total. The monoisotopic (exact) mass is 276 g/mol. The zero-order valence-electron chi connectivity index (χ0n) is 11.8. The Balaban J connectivity index is 0.00000289. The maximum Gasteiger partial charge on any atom is 0.236 e. The van der Waals surface area contributed by atoms with Crippen LogP contribution in [0.4, 0.5) is 0 Å².